The number of hydrogen-bond donors (Lipinski definition) is 1. The van der Waals surface area contributed by atoms with Gasteiger partial charge in [0.1, 0.15) is 0 Å². The molecule has 5 heteroatoms. The molecule has 1 heterocycles. The van der Waals surface area contributed by atoms with Gasteiger partial charge in [-0.25, -0.2) is 4.39 Å². The fraction of sp³-hybridized carbons (Fsp3) is 0.364. The van der Waals surface area contributed by atoms with Crippen molar-refractivity contribution in [2.75, 3.05) is 6.79 Å². The number of aryl methyl sites for hydroxylation is 1. The van der Waals surface area contributed by atoms with E-state index < -0.39 is 11.8 Å². The Morgan fingerprint density at radius 1 is 1.44 bits per heavy atom. The number of hydrogen-bond acceptors (Lipinski definition) is 3. The zero-order chi connectivity index (χ0) is 11.5. The number of ether oxygens (including phenoxy) is 2. The molecule has 0 saturated carbocycles. The highest BCUT2D eigenvalue weighted by Crippen LogP contribution is 2.36. The first kappa shape index (κ1) is 10.7. The second-order valence-corrected chi connectivity index (χ2v) is 3.52. The fourth-order valence-electron chi connectivity index (χ4n) is 1.60. The maximum Gasteiger partial charge on any atom is 0.303 e. The van der Waals surface area contributed by atoms with Gasteiger partial charge in [-0.3, -0.25) is 4.79 Å². The molecule has 1 aliphatic heterocycles. The van der Waals surface area contributed by atoms with Crippen molar-refractivity contribution in [1.29, 1.82) is 0 Å². The molecular formula is C11H11FO4. The Kier molecular flexibility index (Phi) is 2.94. The number of aliphatic carboxylic acids is 1. The zero-order valence-corrected chi connectivity index (χ0v) is 8.53. The molecule has 1 N–H and O–H groups in total. The Labute approximate surface area is 91.6 Å². The second-order valence-electron chi connectivity index (χ2n) is 3.52. The van der Waals surface area contributed by atoms with E-state index in [9.17, 15) is 9.18 Å². The molecule has 4 nitrogen and oxygen atoms in total. The van der Waals surface area contributed by atoms with Gasteiger partial charge in [-0.1, -0.05) is 6.07 Å². The number of halogens is 1. The Morgan fingerprint density at radius 3 is 3.00 bits per heavy atom. The van der Waals surface area contributed by atoms with Crippen LogP contribution in [0.4, 0.5) is 4.39 Å². The molecule has 1 aromatic carbocycles. The van der Waals surface area contributed by atoms with Crippen LogP contribution in [-0.2, 0) is 11.2 Å². The van der Waals surface area contributed by atoms with Crippen LogP contribution in [0.15, 0.2) is 12.1 Å². The topological polar surface area (TPSA) is 55.8 Å². The van der Waals surface area contributed by atoms with Crippen LogP contribution in [0.25, 0.3) is 0 Å². The number of fused-ring (bicyclic) bond motifs is 1. The molecule has 0 radical (unpaired) electrons. The van der Waals surface area contributed by atoms with Crippen LogP contribution in [0.1, 0.15) is 18.4 Å². The standard InChI is InChI=1S/C11H11FO4/c12-10-7(2-1-3-9(13)14)4-5-8-11(10)16-6-15-8/h4-5H,1-3,6H2,(H,13,14). The van der Waals surface area contributed by atoms with Crippen LogP contribution in [0.3, 0.4) is 0 Å². The van der Waals surface area contributed by atoms with E-state index in [1.165, 1.54) is 0 Å². The van der Waals surface area contributed by atoms with Gasteiger partial charge in [0, 0.05) is 6.42 Å². The minimum absolute atomic E-state index is 0.0326. The van der Waals surface area contributed by atoms with E-state index in [1.54, 1.807) is 12.1 Å². The minimum Gasteiger partial charge on any atom is -0.481 e. The van der Waals surface area contributed by atoms with Gasteiger partial charge >= 0.3 is 5.97 Å². The predicted octanol–water partition coefficient (Wildman–Crippen LogP) is 1.96. The van der Waals surface area contributed by atoms with Gasteiger partial charge in [-0.2, -0.15) is 0 Å². The number of benzene rings is 1. The third-order valence-corrected chi connectivity index (χ3v) is 2.40. The largest absolute Gasteiger partial charge is 0.481 e. The van der Waals surface area contributed by atoms with Crippen LogP contribution >= 0.6 is 0 Å². The lowest BCUT2D eigenvalue weighted by Gasteiger charge is -2.04. The van der Waals surface area contributed by atoms with Crippen molar-refractivity contribution in [3.63, 3.8) is 0 Å². The Balaban J connectivity index is 2.08. The molecule has 16 heavy (non-hydrogen) atoms. The Hall–Kier alpha value is -1.78. The van der Waals surface area contributed by atoms with Gasteiger partial charge in [-0.05, 0) is 24.5 Å². The highest BCUT2D eigenvalue weighted by atomic mass is 19.1. The van der Waals surface area contributed by atoms with Crippen LogP contribution in [0.2, 0.25) is 0 Å². The summed E-state index contributed by atoms with van der Waals surface area (Å²) in [6.45, 7) is 0.0326. The monoisotopic (exact) mass is 226 g/mol. The highest BCUT2D eigenvalue weighted by molar-refractivity contribution is 5.66. The van der Waals surface area contributed by atoms with Gasteiger partial charge in [-0.15, -0.1) is 0 Å². The molecule has 0 atom stereocenters. The third-order valence-electron chi connectivity index (χ3n) is 2.40. The molecular weight excluding hydrogens is 215 g/mol. The normalized spacial score (nSPS) is 12.8. The van der Waals surface area contributed by atoms with Gasteiger partial charge in [0.15, 0.2) is 11.6 Å². The molecule has 1 aliphatic rings. The first-order valence-electron chi connectivity index (χ1n) is 4.97. The maximum atomic E-state index is 13.7. The minimum atomic E-state index is -0.874. The average Bonchev–Trinajstić information content (AvgIpc) is 2.69. The molecule has 0 saturated heterocycles. The summed E-state index contributed by atoms with van der Waals surface area (Å²) >= 11 is 0. The molecule has 1 aromatic rings. The van der Waals surface area contributed by atoms with E-state index in [-0.39, 0.29) is 19.0 Å². The predicted molar refractivity (Wildman–Crippen MR) is 53.1 cm³/mol. The summed E-state index contributed by atoms with van der Waals surface area (Å²) in [5.74, 6) is -0.783. The molecule has 0 aliphatic carbocycles. The van der Waals surface area contributed by atoms with Gasteiger partial charge in [0.05, 0.1) is 0 Å². The van der Waals surface area contributed by atoms with Gasteiger partial charge in [0.25, 0.3) is 0 Å². The van der Waals surface area contributed by atoms with E-state index >= 15 is 0 Å². The Morgan fingerprint density at radius 2 is 2.25 bits per heavy atom. The second kappa shape index (κ2) is 4.38. The highest BCUT2D eigenvalue weighted by Gasteiger charge is 2.20. The SMILES string of the molecule is O=C(O)CCCc1ccc2c(c1F)OCO2. The van der Waals surface area contributed by atoms with Crippen LogP contribution in [0.5, 0.6) is 11.5 Å². The van der Waals surface area contributed by atoms with Crippen molar-refractivity contribution in [2.45, 2.75) is 19.3 Å². The van der Waals surface area contributed by atoms with Crippen LogP contribution in [0, 0.1) is 5.82 Å². The summed E-state index contributed by atoms with van der Waals surface area (Å²) < 4.78 is 23.8. The van der Waals surface area contributed by atoms with Crippen molar-refractivity contribution in [3.8, 4) is 11.5 Å². The van der Waals surface area contributed by atoms with Crippen molar-refractivity contribution in [2.24, 2.45) is 0 Å². The van der Waals surface area contributed by atoms with E-state index in [1.807, 2.05) is 0 Å². The van der Waals surface area contributed by atoms with Crippen molar-refractivity contribution in [3.05, 3.63) is 23.5 Å². The van der Waals surface area contributed by atoms with E-state index in [2.05, 4.69) is 0 Å². The van der Waals surface area contributed by atoms with Crippen molar-refractivity contribution < 1.29 is 23.8 Å². The zero-order valence-electron chi connectivity index (χ0n) is 8.53. The van der Waals surface area contributed by atoms with Crippen LogP contribution in [-0.4, -0.2) is 17.9 Å². The molecule has 0 unspecified atom stereocenters. The van der Waals surface area contributed by atoms with Crippen molar-refractivity contribution >= 4 is 5.97 Å². The summed E-state index contributed by atoms with van der Waals surface area (Å²) in [6, 6.07) is 3.24. The van der Waals surface area contributed by atoms with E-state index in [0.29, 0.717) is 24.2 Å². The quantitative estimate of drug-likeness (QED) is 0.852. The number of rotatable bonds is 4. The number of carboxylic acids is 1. The lowest BCUT2D eigenvalue weighted by atomic mass is 10.1. The Bertz CT molecular complexity index is 417. The summed E-state index contributed by atoms with van der Waals surface area (Å²) in [4.78, 5) is 10.3. The third kappa shape index (κ3) is 2.08. The summed E-state index contributed by atoms with van der Waals surface area (Å²) in [5.41, 5.74) is 0.463. The molecule has 0 amide bonds. The molecule has 0 bridgehead atoms. The summed E-state index contributed by atoms with van der Waals surface area (Å²) in [7, 11) is 0. The van der Waals surface area contributed by atoms with E-state index in [4.69, 9.17) is 14.6 Å². The first-order valence-corrected chi connectivity index (χ1v) is 4.97. The van der Waals surface area contributed by atoms with E-state index in [0.717, 1.165) is 0 Å². The number of carbonyl (C=O) groups is 1. The first-order chi connectivity index (χ1) is 7.68. The van der Waals surface area contributed by atoms with Gasteiger partial charge < -0.3 is 14.6 Å². The van der Waals surface area contributed by atoms with Crippen LogP contribution < -0.4 is 9.47 Å². The summed E-state index contributed by atoms with van der Waals surface area (Å²) in [6.07, 6.45) is 0.828. The fourth-order valence-corrected chi connectivity index (χ4v) is 1.60. The average molecular weight is 226 g/mol. The maximum absolute atomic E-state index is 13.7. The molecule has 0 spiro atoms. The van der Waals surface area contributed by atoms with Gasteiger partial charge in [0.2, 0.25) is 12.5 Å². The number of carboxylic acid groups (broad SMARTS) is 1. The molecule has 0 fully saturated rings. The lowest BCUT2D eigenvalue weighted by Crippen LogP contribution is -1.98. The molecule has 86 valence electrons. The van der Waals surface area contributed by atoms with Crippen molar-refractivity contribution in [1.82, 2.24) is 0 Å². The lowest BCUT2D eigenvalue weighted by molar-refractivity contribution is -0.137. The smallest absolute Gasteiger partial charge is 0.303 e. The molecule has 2 rings (SSSR count). The summed E-state index contributed by atoms with van der Waals surface area (Å²) in [5, 5.41) is 8.48. The molecule has 0 aromatic heterocycles.